The number of hydrogen-bond donors (Lipinski definition) is 1. The molecule has 0 aromatic rings. The first kappa shape index (κ1) is 64.8. The van der Waals surface area contributed by atoms with Gasteiger partial charge in [0.2, 0.25) is 0 Å². The van der Waals surface area contributed by atoms with Crippen molar-refractivity contribution in [3.05, 3.63) is 18.7 Å². The summed E-state index contributed by atoms with van der Waals surface area (Å²) in [4.78, 5) is 47.4. The van der Waals surface area contributed by atoms with Crippen molar-refractivity contribution in [1.82, 2.24) is 0 Å². The fourth-order valence-corrected chi connectivity index (χ4v) is 14.0. The molecular formula is C46H91ClMgO9Si4. The van der Waals surface area contributed by atoms with Gasteiger partial charge < -0.3 is 43.0 Å². The van der Waals surface area contributed by atoms with Crippen LogP contribution in [0.15, 0.2) is 12.2 Å². The van der Waals surface area contributed by atoms with E-state index in [9.17, 15) is 24.3 Å². The standard InChI is InChI=1S/C17H36O3Si2.C14H26O2Si.C11H18O4.C4H11Si.ClH.Mg/c1-8-16(11-9-10-12-16)20-15(18)17(19,13-21(2,3)4)14-22(5,6)7;1-6-14(9-7-8-10-14)16-13(15)12(2)11-17(3,4)5;1-3-11(7-5-6-8-11)15-10(13)9(12)14-4-2;1-5(2,3)4;;/h19H,8-14H2,1-7H3;2,6-11H2,1,3-5H3;3-8H2,1-2H3;1H2,2-4H3;1H;/q;;;-1;;+2/p-1. The van der Waals surface area contributed by atoms with Crippen LogP contribution in [0, 0.1) is 6.55 Å². The van der Waals surface area contributed by atoms with E-state index in [-0.39, 0.29) is 65.2 Å². The molecule has 15 heteroatoms. The molecule has 354 valence electrons. The summed E-state index contributed by atoms with van der Waals surface area (Å²) in [5, 5.41) is 11.2. The van der Waals surface area contributed by atoms with Gasteiger partial charge in [0.1, 0.15) is 16.8 Å². The Labute approximate surface area is 400 Å². The number of ether oxygens (including phenoxy) is 4. The zero-order valence-corrected chi connectivity index (χ0v) is 48.3. The Kier molecular flexibility index (Phi) is 29.6. The SMILES string of the molecule is C=C(C[Si](C)(C)C)C(=O)OC1(CC)CCCC1.CCC1(OC(=O)C(O)(C[Si](C)(C)C)C[Si](C)(C)C)CCCC1.CCOC(=O)C(=O)OC1(CC)CCCC1.[CH2-][Si](C)(C)C.[Cl-].[Mg+2]. The smallest absolute Gasteiger partial charge is 1.00 e. The molecule has 0 aromatic heterocycles. The second-order valence-electron chi connectivity index (χ2n) is 22.5. The third kappa shape index (κ3) is 27.6. The van der Waals surface area contributed by atoms with Crippen LogP contribution in [0.2, 0.25) is 96.7 Å². The average molecular weight is 960 g/mol. The van der Waals surface area contributed by atoms with Crippen LogP contribution >= 0.6 is 0 Å². The van der Waals surface area contributed by atoms with Gasteiger partial charge >= 0.3 is 46.9 Å². The third-order valence-corrected chi connectivity index (χ3v) is 15.7. The molecule has 3 saturated carbocycles. The molecule has 0 saturated heterocycles. The number of carbonyl (C=O) groups excluding carboxylic acids is 4. The fraction of sp³-hybridized carbons (Fsp3) is 0.848. The first-order valence-corrected chi connectivity index (χ1v) is 37.7. The molecule has 0 bridgehead atoms. The summed E-state index contributed by atoms with van der Waals surface area (Å²) in [6.07, 6.45) is 14.9. The Bertz CT molecular complexity index is 1310. The van der Waals surface area contributed by atoms with Crippen molar-refractivity contribution in [2.24, 2.45) is 0 Å². The van der Waals surface area contributed by atoms with Crippen molar-refractivity contribution < 1.29 is 55.6 Å². The molecule has 0 spiro atoms. The molecule has 9 nitrogen and oxygen atoms in total. The molecule has 61 heavy (non-hydrogen) atoms. The minimum atomic E-state index is -1.57. The van der Waals surface area contributed by atoms with Crippen molar-refractivity contribution in [1.29, 1.82) is 0 Å². The van der Waals surface area contributed by atoms with E-state index < -0.39 is 55.4 Å². The van der Waals surface area contributed by atoms with E-state index in [1.807, 2.05) is 6.92 Å². The van der Waals surface area contributed by atoms with Crippen molar-refractivity contribution in [3.63, 3.8) is 0 Å². The van der Waals surface area contributed by atoms with E-state index in [4.69, 9.17) is 14.2 Å². The van der Waals surface area contributed by atoms with Crippen molar-refractivity contribution in [2.75, 3.05) is 6.61 Å². The second kappa shape index (κ2) is 27.9. The molecule has 0 amide bonds. The van der Waals surface area contributed by atoms with Gasteiger partial charge in [0.05, 0.1) is 6.61 Å². The monoisotopic (exact) mass is 959 g/mol. The molecule has 0 heterocycles. The molecule has 0 radical (unpaired) electrons. The van der Waals surface area contributed by atoms with Crippen LogP contribution in [0.1, 0.15) is 124 Å². The number of halogens is 1. The van der Waals surface area contributed by atoms with Crippen LogP contribution in [0.5, 0.6) is 0 Å². The maximum Gasteiger partial charge on any atom is 2.00 e. The third-order valence-electron chi connectivity index (χ3n) is 10.9. The summed E-state index contributed by atoms with van der Waals surface area (Å²) in [5.41, 5.74) is -1.52. The Hall–Kier alpha value is -0.496. The normalized spacial score (nSPS) is 17.8. The van der Waals surface area contributed by atoms with Crippen LogP contribution in [-0.4, -0.2) is 113 Å². The van der Waals surface area contributed by atoms with Gasteiger partial charge in [-0.3, -0.25) is 0 Å². The van der Waals surface area contributed by atoms with E-state index in [1.165, 1.54) is 12.8 Å². The molecule has 3 fully saturated rings. The van der Waals surface area contributed by atoms with Gasteiger partial charge in [0.15, 0.2) is 5.60 Å². The van der Waals surface area contributed by atoms with Gasteiger partial charge in [-0.15, -0.1) is 8.07 Å². The summed E-state index contributed by atoms with van der Waals surface area (Å²) < 4.78 is 21.5. The maximum atomic E-state index is 12.9. The number of aliphatic hydroxyl groups is 1. The van der Waals surface area contributed by atoms with E-state index >= 15 is 0 Å². The van der Waals surface area contributed by atoms with Gasteiger partial charge in [-0.25, -0.2) is 19.2 Å². The molecule has 3 aliphatic carbocycles. The average Bonchev–Trinajstić information content (AvgIpc) is 3.85. The van der Waals surface area contributed by atoms with Crippen LogP contribution in [0.25, 0.3) is 0 Å². The quantitative estimate of drug-likeness (QED) is 0.0428. The Morgan fingerprint density at radius 1 is 0.574 bits per heavy atom. The molecule has 0 aromatic carbocycles. The number of hydrogen-bond acceptors (Lipinski definition) is 9. The van der Waals surface area contributed by atoms with Gasteiger partial charge in [-0.1, -0.05) is 106 Å². The van der Waals surface area contributed by atoms with Gasteiger partial charge in [-0.2, -0.15) is 0 Å². The van der Waals surface area contributed by atoms with E-state index in [0.29, 0.717) is 17.7 Å². The summed E-state index contributed by atoms with van der Waals surface area (Å²) >= 11 is 0. The Morgan fingerprint density at radius 2 is 0.869 bits per heavy atom. The van der Waals surface area contributed by atoms with Gasteiger partial charge in [-0.05, 0) is 121 Å². The molecule has 0 aliphatic heterocycles. The van der Waals surface area contributed by atoms with Crippen LogP contribution in [0.3, 0.4) is 0 Å². The van der Waals surface area contributed by atoms with Crippen molar-refractivity contribution >= 4 is 79.2 Å². The number of carbonyl (C=O) groups is 4. The largest absolute Gasteiger partial charge is 2.00 e. The van der Waals surface area contributed by atoms with Gasteiger partial charge in [0.25, 0.3) is 0 Å². The predicted molar refractivity (Wildman–Crippen MR) is 262 cm³/mol. The fourth-order valence-electron chi connectivity index (χ4n) is 8.30. The molecule has 1 N–H and O–H groups in total. The molecule has 0 unspecified atom stereocenters. The maximum absolute atomic E-state index is 12.9. The van der Waals surface area contributed by atoms with Crippen molar-refractivity contribution in [3.8, 4) is 0 Å². The van der Waals surface area contributed by atoms with Crippen LogP contribution in [-0.2, 0) is 38.1 Å². The number of rotatable bonds is 15. The molecule has 0 atom stereocenters. The molecule has 3 rings (SSSR count). The zero-order chi connectivity index (χ0) is 46.2. The predicted octanol–water partition coefficient (Wildman–Crippen LogP) is 8.94. The minimum absolute atomic E-state index is 0. The second-order valence-corrected chi connectivity index (χ2v) is 44.1. The van der Waals surface area contributed by atoms with Crippen LogP contribution < -0.4 is 12.4 Å². The zero-order valence-electron chi connectivity index (χ0n) is 42.1. The van der Waals surface area contributed by atoms with Crippen LogP contribution in [0.4, 0.5) is 0 Å². The summed E-state index contributed by atoms with van der Waals surface area (Å²) in [6, 6.07) is 2.04. The first-order chi connectivity index (χ1) is 26.7. The Balaban J connectivity index is -0.000000782. The van der Waals surface area contributed by atoms with Crippen molar-refractivity contribution in [2.45, 2.75) is 243 Å². The molecular weight excluding hydrogens is 869 g/mol. The summed E-state index contributed by atoms with van der Waals surface area (Å²) in [7, 11) is -5.28. The minimum Gasteiger partial charge on any atom is -1.00 e. The summed E-state index contributed by atoms with van der Waals surface area (Å²) in [5.74, 6) is -2.23. The Morgan fingerprint density at radius 3 is 1.13 bits per heavy atom. The van der Waals surface area contributed by atoms with E-state index in [1.54, 1.807) is 6.92 Å². The topological polar surface area (TPSA) is 125 Å². The van der Waals surface area contributed by atoms with E-state index in [2.05, 4.69) is 110 Å². The van der Waals surface area contributed by atoms with Gasteiger partial charge in [0, 0.05) is 29.8 Å². The van der Waals surface area contributed by atoms with E-state index in [0.717, 1.165) is 89.5 Å². The number of esters is 4. The summed E-state index contributed by atoms with van der Waals surface area (Å²) in [6.45, 7) is 42.5. The first-order valence-electron chi connectivity index (χ1n) is 22.8. The molecule has 3 aliphatic rings.